The van der Waals surface area contributed by atoms with Gasteiger partial charge in [-0.3, -0.25) is 9.89 Å². The number of hydrogen-bond acceptors (Lipinski definition) is 6. The summed E-state index contributed by atoms with van der Waals surface area (Å²) < 4.78 is 10.7. The van der Waals surface area contributed by atoms with Gasteiger partial charge in [0.1, 0.15) is 0 Å². The monoisotopic (exact) mass is 366 g/mol. The first-order valence-electron chi connectivity index (χ1n) is 9.60. The Bertz CT molecular complexity index is 552. The first-order valence-corrected chi connectivity index (χ1v) is 9.60. The number of aliphatic imine (C=N–C) groups is 1. The van der Waals surface area contributed by atoms with Crippen molar-refractivity contribution in [1.82, 2.24) is 25.7 Å². The summed E-state index contributed by atoms with van der Waals surface area (Å²) in [7, 11) is 1.79. The molecule has 1 aromatic rings. The molecular formula is C18H34N6O2. The molecular weight excluding hydrogens is 332 g/mol. The third-order valence-electron chi connectivity index (χ3n) is 4.62. The molecule has 0 saturated carbocycles. The van der Waals surface area contributed by atoms with E-state index in [2.05, 4.69) is 58.4 Å². The summed E-state index contributed by atoms with van der Waals surface area (Å²) in [4.78, 5) is 11.2. The van der Waals surface area contributed by atoms with Crippen LogP contribution < -0.4 is 10.6 Å². The van der Waals surface area contributed by atoms with Crippen LogP contribution >= 0.6 is 0 Å². The van der Waals surface area contributed by atoms with Gasteiger partial charge in [0.15, 0.2) is 11.8 Å². The Morgan fingerprint density at radius 3 is 2.50 bits per heavy atom. The van der Waals surface area contributed by atoms with Gasteiger partial charge < -0.3 is 19.9 Å². The van der Waals surface area contributed by atoms with Gasteiger partial charge in [0.25, 0.3) is 0 Å². The van der Waals surface area contributed by atoms with Gasteiger partial charge in [0, 0.05) is 51.6 Å². The quantitative estimate of drug-likeness (QED) is 0.529. The van der Waals surface area contributed by atoms with Crippen LogP contribution in [0.1, 0.15) is 45.3 Å². The molecule has 0 bridgehead atoms. The fraction of sp³-hybridized carbons (Fsp3) is 0.833. The van der Waals surface area contributed by atoms with Gasteiger partial charge in [-0.05, 0) is 5.92 Å². The largest absolute Gasteiger partial charge is 0.379 e. The summed E-state index contributed by atoms with van der Waals surface area (Å²) in [5.74, 6) is 3.06. The molecule has 1 aliphatic heterocycles. The number of ether oxygens (including phenoxy) is 1. The van der Waals surface area contributed by atoms with Crippen LogP contribution in [0.25, 0.3) is 0 Å². The molecule has 2 N–H and O–H groups in total. The van der Waals surface area contributed by atoms with Gasteiger partial charge in [-0.15, -0.1) is 0 Å². The fourth-order valence-corrected chi connectivity index (χ4v) is 3.01. The standard InChI is InChI=1S/C18H34N6O2/c1-13(2)15(24-8-10-25-11-9-24)12-21-18(19-5)20-7-6-16-22-17(14(3)4)23-26-16/h13-15H,6-12H2,1-5H3,(H2,19,20,21). The molecule has 1 aromatic heterocycles. The van der Waals surface area contributed by atoms with E-state index in [0.29, 0.717) is 30.8 Å². The molecule has 0 spiro atoms. The summed E-state index contributed by atoms with van der Waals surface area (Å²) in [6.07, 6.45) is 0.678. The Kier molecular flexibility index (Phi) is 8.31. The second-order valence-corrected chi connectivity index (χ2v) is 7.29. The highest BCUT2D eigenvalue weighted by Crippen LogP contribution is 2.12. The van der Waals surface area contributed by atoms with E-state index in [4.69, 9.17) is 9.26 Å². The second-order valence-electron chi connectivity index (χ2n) is 7.29. The zero-order valence-electron chi connectivity index (χ0n) is 16.8. The summed E-state index contributed by atoms with van der Waals surface area (Å²) >= 11 is 0. The maximum Gasteiger partial charge on any atom is 0.228 e. The van der Waals surface area contributed by atoms with Crippen LogP contribution in [0.3, 0.4) is 0 Å². The molecule has 1 saturated heterocycles. The number of guanidine groups is 1. The van der Waals surface area contributed by atoms with Crippen LogP contribution in [-0.2, 0) is 11.2 Å². The minimum absolute atomic E-state index is 0.281. The zero-order chi connectivity index (χ0) is 18.9. The van der Waals surface area contributed by atoms with Crippen molar-refractivity contribution in [3.05, 3.63) is 11.7 Å². The fourth-order valence-electron chi connectivity index (χ4n) is 3.01. The Labute approximate surface area is 156 Å². The van der Waals surface area contributed by atoms with E-state index in [1.165, 1.54) is 0 Å². The molecule has 2 rings (SSSR count). The van der Waals surface area contributed by atoms with Crippen molar-refractivity contribution < 1.29 is 9.26 Å². The zero-order valence-corrected chi connectivity index (χ0v) is 16.8. The molecule has 0 aliphatic carbocycles. The van der Waals surface area contributed by atoms with Gasteiger partial charge >= 0.3 is 0 Å². The Morgan fingerprint density at radius 2 is 1.92 bits per heavy atom. The maximum absolute atomic E-state index is 5.47. The highest BCUT2D eigenvalue weighted by atomic mass is 16.5. The SMILES string of the molecule is CN=C(NCCc1nc(C(C)C)no1)NCC(C(C)C)N1CCOCC1. The second kappa shape index (κ2) is 10.5. The van der Waals surface area contributed by atoms with Crippen LogP contribution in [0, 0.1) is 5.92 Å². The number of aromatic nitrogens is 2. The third-order valence-corrected chi connectivity index (χ3v) is 4.62. The van der Waals surface area contributed by atoms with Gasteiger partial charge in [0.05, 0.1) is 13.2 Å². The van der Waals surface area contributed by atoms with Gasteiger partial charge in [-0.2, -0.15) is 4.98 Å². The topological polar surface area (TPSA) is 87.8 Å². The highest BCUT2D eigenvalue weighted by Gasteiger charge is 2.23. The Morgan fingerprint density at radius 1 is 1.19 bits per heavy atom. The Balaban J connectivity index is 1.76. The van der Waals surface area contributed by atoms with Crippen LogP contribution in [0.2, 0.25) is 0 Å². The van der Waals surface area contributed by atoms with E-state index in [9.17, 15) is 0 Å². The van der Waals surface area contributed by atoms with E-state index in [-0.39, 0.29) is 5.92 Å². The number of morpholine rings is 1. The van der Waals surface area contributed by atoms with Crippen molar-refractivity contribution in [2.24, 2.45) is 10.9 Å². The van der Waals surface area contributed by atoms with E-state index >= 15 is 0 Å². The molecule has 8 nitrogen and oxygen atoms in total. The summed E-state index contributed by atoms with van der Waals surface area (Å²) in [6, 6.07) is 0.460. The summed E-state index contributed by atoms with van der Waals surface area (Å²) in [5.41, 5.74) is 0. The normalized spacial score (nSPS) is 17.7. The molecule has 0 aromatic carbocycles. The number of hydrogen-bond donors (Lipinski definition) is 2. The molecule has 1 aliphatic rings. The lowest BCUT2D eigenvalue weighted by atomic mass is 10.0. The average Bonchev–Trinajstić information content (AvgIpc) is 3.10. The Hall–Kier alpha value is -1.67. The average molecular weight is 367 g/mol. The van der Waals surface area contributed by atoms with E-state index < -0.39 is 0 Å². The predicted octanol–water partition coefficient (Wildman–Crippen LogP) is 1.26. The van der Waals surface area contributed by atoms with Crippen LogP contribution in [0.5, 0.6) is 0 Å². The smallest absolute Gasteiger partial charge is 0.228 e. The molecule has 26 heavy (non-hydrogen) atoms. The first-order chi connectivity index (χ1) is 12.5. The van der Waals surface area contributed by atoms with Crippen molar-refractivity contribution in [3.63, 3.8) is 0 Å². The van der Waals surface area contributed by atoms with Crippen LogP contribution in [0.4, 0.5) is 0 Å². The molecule has 8 heteroatoms. The number of rotatable bonds is 8. The molecule has 1 atom stereocenters. The lowest BCUT2D eigenvalue weighted by molar-refractivity contribution is 0.00752. The predicted molar refractivity (Wildman–Crippen MR) is 102 cm³/mol. The number of nitrogens with zero attached hydrogens (tertiary/aromatic N) is 4. The van der Waals surface area contributed by atoms with E-state index in [1.54, 1.807) is 7.05 Å². The van der Waals surface area contributed by atoms with E-state index in [0.717, 1.165) is 44.6 Å². The lowest BCUT2D eigenvalue weighted by Crippen LogP contribution is -2.52. The molecule has 0 amide bonds. The maximum atomic E-state index is 5.47. The van der Waals surface area contributed by atoms with Gasteiger partial charge in [-0.1, -0.05) is 32.9 Å². The van der Waals surface area contributed by atoms with Crippen molar-refractivity contribution >= 4 is 5.96 Å². The minimum Gasteiger partial charge on any atom is -0.379 e. The van der Waals surface area contributed by atoms with Crippen molar-refractivity contribution in [2.75, 3.05) is 46.4 Å². The first kappa shape index (κ1) is 20.6. The number of nitrogens with one attached hydrogen (secondary N) is 2. The van der Waals surface area contributed by atoms with Gasteiger partial charge in [0.2, 0.25) is 5.89 Å². The van der Waals surface area contributed by atoms with Crippen molar-refractivity contribution in [2.45, 2.75) is 46.1 Å². The van der Waals surface area contributed by atoms with Crippen LogP contribution in [-0.4, -0.2) is 73.5 Å². The molecule has 2 heterocycles. The highest BCUT2D eigenvalue weighted by molar-refractivity contribution is 5.79. The molecule has 1 fully saturated rings. The minimum atomic E-state index is 0.281. The summed E-state index contributed by atoms with van der Waals surface area (Å²) in [6.45, 7) is 13.8. The third kappa shape index (κ3) is 6.25. The summed E-state index contributed by atoms with van der Waals surface area (Å²) in [5, 5.41) is 10.8. The molecule has 1 unspecified atom stereocenters. The van der Waals surface area contributed by atoms with E-state index in [1.807, 2.05) is 0 Å². The van der Waals surface area contributed by atoms with Crippen LogP contribution in [0.15, 0.2) is 9.52 Å². The molecule has 148 valence electrons. The van der Waals surface area contributed by atoms with Crippen molar-refractivity contribution in [3.8, 4) is 0 Å². The van der Waals surface area contributed by atoms with Crippen molar-refractivity contribution in [1.29, 1.82) is 0 Å². The molecule has 0 radical (unpaired) electrons. The van der Waals surface area contributed by atoms with Gasteiger partial charge in [-0.25, -0.2) is 0 Å². The lowest BCUT2D eigenvalue weighted by Gasteiger charge is -2.37.